The molecule has 1 unspecified atom stereocenters. The Hall–Kier alpha value is -1.80. The molecule has 1 aliphatic rings. The molecular formula is C21H25FO5S. The van der Waals surface area contributed by atoms with Crippen LogP contribution in [0.3, 0.4) is 0 Å². The predicted molar refractivity (Wildman–Crippen MR) is 107 cm³/mol. The maximum Gasteiger partial charge on any atom is 0.162 e. The lowest BCUT2D eigenvalue weighted by atomic mass is 10.1. The molecule has 0 saturated carbocycles. The highest BCUT2D eigenvalue weighted by Crippen LogP contribution is 2.37. The van der Waals surface area contributed by atoms with Gasteiger partial charge < -0.3 is 24.1 Å². The van der Waals surface area contributed by atoms with Crippen molar-refractivity contribution in [3.05, 3.63) is 59.7 Å². The molecule has 5 nitrogen and oxygen atoms in total. The van der Waals surface area contributed by atoms with Crippen molar-refractivity contribution >= 4 is 11.8 Å². The zero-order valence-electron chi connectivity index (χ0n) is 15.9. The monoisotopic (exact) mass is 408 g/mol. The summed E-state index contributed by atoms with van der Waals surface area (Å²) in [4.78, 5) is 0. The van der Waals surface area contributed by atoms with E-state index in [1.54, 1.807) is 14.2 Å². The first kappa shape index (κ1) is 20.9. The van der Waals surface area contributed by atoms with Crippen LogP contribution in [0, 0.1) is 0 Å². The number of halogens is 1. The minimum atomic E-state index is -1.45. The number of rotatable bonds is 9. The Morgan fingerprint density at radius 3 is 1.96 bits per heavy atom. The number of thioether (sulfide) groups is 1. The van der Waals surface area contributed by atoms with E-state index in [9.17, 15) is 9.50 Å². The first-order valence-corrected chi connectivity index (χ1v) is 9.98. The van der Waals surface area contributed by atoms with E-state index in [4.69, 9.17) is 18.9 Å². The molecule has 0 bridgehead atoms. The summed E-state index contributed by atoms with van der Waals surface area (Å²) in [5.41, 5.74) is 0.810. The number of methoxy groups -OCH3 is 2. The van der Waals surface area contributed by atoms with Crippen LogP contribution < -0.4 is 9.47 Å². The summed E-state index contributed by atoms with van der Waals surface area (Å²) in [6.07, 6.45) is -2.17. The van der Waals surface area contributed by atoms with Crippen LogP contribution in [0.1, 0.15) is 11.1 Å². The summed E-state index contributed by atoms with van der Waals surface area (Å²) < 4.78 is 36.2. The molecule has 1 aliphatic heterocycles. The molecule has 2 aromatic carbocycles. The summed E-state index contributed by atoms with van der Waals surface area (Å²) in [5.74, 6) is 1.54. The van der Waals surface area contributed by atoms with Crippen LogP contribution >= 0.6 is 11.8 Å². The number of aliphatic hydroxyl groups excluding tert-OH is 1. The first-order chi connectivity index (χ1) is 13.6. The summed E-state index contributed by atoms with van der Waals surface area (Å²) in [5, 5.41) is 9.62. The van der Waals surface area contributed by atoms with Crippen molar-refractivity contribution in [2.45, 2.75) is 36.2 Å². The van der Waals surface area contributed by atoms with Gasteiger partial charge in [0.2, 0.25) is 0 Å². The van der Waals surface area contributed by atoms with Gasteiger partial charge in [-0.15, -0.1) is 11.8 Å². The van der Waals surface area contributed by atoms with E-state index in [0.29, 0.717) is 13.2 Å². The summed E-state index contributed by atoms with van der Waals surface area (Å²) >= 11 is 1.15. The van der Waals surface area contributed by atoms with E-state index in [-0.39, 0.29) is 11.9 Å². The van der Waals surface area contributed by atoms with Gasteiger partial charge in [-0.05, 0) is 35.4 Å². The lowest BCUT2D eigenvalue weighted by molar-refractivity contribution is -0.0386. The molecule has 3 rings (SSSR count). The smallest absolute Gasteiger partial charge is 0.162 e. The fourth-order valence-corrected chi connectivity index (χ4v) is 4.18. The van der Waals surface area contributed by atoms with E-state index in [1.807, 2.05) is 48.5 Å². The van der Waals surface area contributed by atoms with Gasteiger partial charge in [-0.3, -0.25) is 0 Å². The molecule has 4 atom stereocenters. The molecule has 0 amide bonds. The highest BCUT2D eigenvalue weighted by atomic mass is 32.2. The summed E-state index contributed by atoms with van der Waals surface area (Å²) in [7, 11) is 3.22. The quantitative estimate of drug-likeness (QED) is 0.685. The Bertz CT molecular complexity index is 725. The van der Waals surface area contributed by atoms with Gasteiger partial charge in [0.05, 0.1) is 39.3 Å². The van der Waals surface area contributed by atoms with Crippen molar-refractivity contribution < 1.29 is 28.4 Å². The normalized spacial score (nSPS) is 24.3. The van der Waals surface area contributed by atoms with E-state index < -0.39 is 17.7 Å². The van der Waals surface area contributed by atoms with Crippen molar-refractivity contribution in [2.24, 2.45) is 0 Å². The fraction of sp³-hybridized carbons (Fsp3) is 0.429. The highest BCUT2D eigenvalue weighted by molar-refractivity contribution is 8.00. The van der Waals surface area contributed by atoms with Crippen LogP contribution in [-0.4, -0.2) is 48.9 Å². The zero-order valence-corrected chi connectivity index (χ0v) is 16.7. The molecule has 1 N–H and O–H groups in total. The Labute approximate surface area is 168 Å². The lowest BCUT2D eigenvalue weighted by Gasteiger charge is -2.21. The Kier molecular flexibility index (Phi) is 7.56. The van der Waals surface area contributed by atoms with Gasteiger partial charge in [-0.1, -0.05) is 24.3 Å². The van der Waals surface area contributed by atoms with Crippen molar-refractivity contribution in [1.29, 1.82) is 0 Å². The van der Waals surface area contributed by atoms with Crippen LogP contribution in [0.4, 0.5) is 4.39 Å². The molecule has 0 aliphatic carbocycles. The zero-order chi connectivity index (χ0) is 19.9. The highest BCUT2D eigenvalue weighted by Gasteiger charge is 2.44. The SMILES string of the molecule is COc1ccc(COC[C@H]2SC(O)[C@@H](F)[C@@H]2OCc2ccc(OC)cc2)cc1. The maximum atomic E-state index is 14.4. The molecule has 152 valence electrons. The first-order valence-electron chi connectivity index (χ1n) is 9.03. The third-order valence-corrected chi connectivity index (χ3v) is 5.87. The van der Waals surface area contributed by atoms with Crippen LogP contribution in [0.5, 0.6) is 11.5 Å². The predicted octanol–water partition coefficient (Wildman–Crippen LogP) is 3.58. The summed E-state index contributed by atoms with van der Waals surface area (Å²) in [6.45, 7) is 0.956. The minimum Gasteiger partial charge on any atom is -0.497 e. The maximum absolute atomic E-state index is 14.4. The standard InChI is InChI=1S/C21H25FO5S/c1-24-16-7-3-14(4-8-16)11-26-13-18-20(19(22)21(23)28-18)27-12-15-5-9-17(25-2)10-6-15/h3-10,18-21,23H,11-13H2,1-2H3/t18-,19+,20-,21?/m1/s1. The number of hydrogen-bond donors (Lipinski definition) is 1. The Morgan fingerprint density at radius 1 is 0.893 bits per heavy atom. The largest absolute Gasteiger partial charge is 0.497 e. The molecular weight excluding hydrogens is 383 g/mol. The van der Waals surface area contributed by atoms with Gasteiger partial charge in [0.1, 0.15) is 23.0 Å². The van der Waals surface area contributed by atoms with Gasteiger partial charge in [0.15, 0.2) is 6.17 Å². The van der Waals surface area contributed by atoms with Crippen molar-refractivity contribution in [3.63, 3.8) is 0 Å². The number of benzene rings is 2. The average molecular weight is 408 g/mol. The fourth-order valence-electron chi connectivity index (χ4n) is 2.96. The van der Waals surface area contributed by atoms with Gasteiger partial charge in [0.25, 0.3) is 0 Å². The molecule has 0 spiro atoms. The molecule has 0 aromatic heterocycles. The van der Waals surface area contributed by atoms with Crippen LogP contribution in [0.2, 0.25) is 0 Å². The molecule has 0 radical (unpaired) electrons. The number of hydrogen-bond acceptors (Lipinski definition) is 6. The van der Waals surface area contributed by atoms with E-state index in [1.165, 1.54) is 0 Å². The Balaban J connectivity index is 1.51. The third kappa shape index (κ3) is 5.38. The number of ether oxygens (including phenoxy) is 4. The van der Waals surface area contributed by atoms with Gasteiger partial charge in [-0.2, -0.15) is 0 Å². The second-order valence-electron chi connectivity index (χ2n) is 6.50. The lowest BCUT2D eigenvalue weighted by Crippen LogP contribution is -2.34. The van der Waals surface area contributed by atoms with Gasteiger partial charge >= 0.3 is 0 Å². The minimum absolute atomic E-state index is 0.261. The van der Waals surface area contributed by atoms with Gasteiger partial charge in [-0.25, -0.2) is 4.39 Å². The second kappa shape index (κ2) is 10.1. The van der Waals surface area contributed by atoms with Crippen LogP contribution in [0.25, 0.3) is 0 Å². The summed E-state index contributed by atoms with van der Waals surface area (Å²) in [6, 6.07) is 15.0. The molecule has 7 heteroatoms. The number of alkyl halides is 1. The molecule has 2 aromatic rings. The van der Waals surface area contributed by atoms with E-state index in [0.717, 1.165) is 34.4 Å². The van der Waals surface area contributed by atoms with Crippen molar-refractivity contribution in [1.82, 2.24) is 0 Å². The molecule has 28 heavy (non-hydrogen) atoms. The molecule has 1 fully saturated rings. The van der Waals surface area contributed by atoms with E-state index in [2.05, 4.69) is 0 Å². The van der Waals surface area contributed by atoms with Crippen LogP contribution in [0.15, 0.2) is 48.5 Å². The Morgan fingerprint density at radius 2 is 1.43 bits per heavy atom. The molecule has 1 heterocycles. The number of aliphatic hydroxyl groups is 1. The average Bonchev–Trinajstić information content (AvgIpc) is 3.00. The third-order valence-electron chi connectivity index (χ3n) is 4.58. The second-order valence-corrected chi connectivity index (χ2v) is 7.86. The van der Waals surface area contributed by atoms with Crippen molar-refractivity contribution in [3.8, 4) is 11.5 Å². The van der Waals surface area contributed by atoms with Crippen molar-refractivity contribution in [2.75, 3.05) is 20.8 Å². The van der Waals surface area contributed by atoms with E-state index >= 15 is 0 Å². The topological polar surface area (TPSA) is 57.2 Å². The van der Waals surface area contributed by atoms with Crippen LogP contribution in [-0.2, 0) is 22.7 Å². The van der Waals surface area contributed by atoms with Gasteiger partial charge in [0, 0.05) is 0 Å². The molecule has 1 saturated heterocycles.